The van der Waals surface area contributed by atoms with Crippen LogP contribution in [-0.4, -0.2) is 112 Å². The summed E-state index contributed by atoms with van der Waals surface area (Å²) in [6.45, 7) is 9.00. The molecular weight excluding hydrogens is 1550 g/mol. The molecule has 15 rings (SSSR count). The van der Waals surface area contributed by atoms with E-state index >= 15 is 0 Å². The van der Waals surface area contributed by atoms with Crippen LogP contribution >= 0.6 is 35.4 Å². The van der Waals surface area contributed by atoms with Crippen LogP contribution in [-0.2, 0) is 16.0 Å². The Hall–Kier alpha value is -12.2. The number of carbonyl (C=O) groups excluding carboxylic acids is 1. The van der Waals surface area contributed by atoms with Crippen molar-refractivity contribution in [3.05, 3.63) is 302 Å². The molecule has 10 heterocycles. The molecule has 0 atom stereocenters. The summed E-state index contributed by atoms with van der Waals surface area (Å²) < 4.78 is 75.7. The van der Waals surface area contributed by atoms with E-state index in [9.17, 15) is 52.7 Å². The number of fused-ring (bicyclic) bond motifs is 4. The van der Waals surface area contributed by atoms with Gasteiger partial charge in [0.15, 0.2) is 56.5 Å². The second-order valence-corrected chi connectivity index (χ2v) is 22.3. The number of halogens is 7. The largest absolute Gasteiger partial charge is 2.00 e. The van der Waals surface area contributed by atoms with Gasteiger partial charge >= 0.3 is 28.7 Å². The van der Waals surface area contributed by atoms with E-state index in [0.29, 0.717) is 39.5 Å². The molecule has 108 heavy (non-hydrogen) atoms. The number of nitro groups is 3. The second kappa shape index (κ2) is 42.7. The first-order valence-electron chi connectivity index (χ1n) is 30.8. The third kappa shape index (κ3) is 25.0. The molecule has 0 saturated carbocycles. The zero-order valence-corrected chi connectivity index (χ0v) is 61.3. The van der Waals surface area contributed by atoms with Crippen molar-refractivity contribution in [2.75, 3.05) is 24.3 Å². The van der Waals surface area contributed by atoms with Crippen LogP contribution in [0.5, 0.6) is 40.6 Å². The normalized spacial score (nSPS) is 10.6. The summed E-state index contributed by atoms with van der Waals surface area (Å²) in [4.78, 5) is 72.4. The Balaban J connectivity index is 0.000000207. The molecule has 5 aromatic carbocycles. The monoisotopic (exact) mass is 1610 g/mol. The van der Waals surface area contributed by atoms with Crippen molar-refractivity contribution in [2.45, 2.75) is 19.3 Å². The van der Waals surface area contributed by atoms with Gasteiger partial charge in [0.2, 0.25) is 28.7 Å². The third-order valence-electron chi connectivity index (χ3n) is 14.0. The van der Waals surface area contributed by atoms with Crippen molar-refractivity contribution in [3.8, 4) is 40.6 Å². The Labute approximate surface area is 651 Å². The molecule has 1 fully saturated rings. The Morgan fingerprint density at radius 1 is 0.556 bits per heavy atom. The summed E-state index contributed by atoms with van der Waals surface area (Å²) in [7, 11) is 0. The molecule has 550 valence electrons. The van der Waals surface area contributed by atoms with Gasteiger partial charge in [-0.3, -0.25) is 41.7 Å². The van der Waals surface area contributed by atoms with E-state index in [1.54, 1.807) is 55.4 Å². The number of carbonyl (C=O) groups is 1. The maximum atomic E-state index is 14.5. The number of benzene rings is 5. The van der Waals surface area contributed by atoms with Gasteiger partial charge in [-0.15, -0.1) is 0 Å². The predicted octanol–water partition coefficient (Wildman–Crippen LogP) is 14.4. The Morgan fingerprint density at radius 2 is 0.991 bits per heavy atom. The minimum Gasteiger partial charge on any atom is -1.00 e. The number of rotatable bonds is 12. The summed E-state index contributed by atoms with van der Waals surface area (Å²) >= 11 is 16.3. The van der Waals surface area contributed by atoms with E-state index in [-0.39, 0.29) is 109 Å². The number of aromatic hydroxyl groups is 1. The molecule has 1 amide bonds. The first kappa shape index (κ1) is 84.8. The quantitative estimate of drug-likeness (QED) is 0.00823. The number of phenolic OH excluding ortho intramolecular Hbond substituents is 1. The van der Waals surface area contributed by atoms with E-state index in [2.05, 4.69) is 68.6 Å². The van der Waals surface area contributed by atoms with Crippen LogP contribution in [0.3, 0.4) is 0 Å². The van der Waals surface area contributed by atoms with Crippen LogP contribution in [0.4, 0.5) is 46.0 Å². The van der Waals surface area contributed by atoms with Gasteiger partial charge in [-0.2, -0.15) is 0 Å². The minimum absolute atomic E-state index is 0. The zero-order valence-electron chi connectivity index (χ0n) is 56.0. The molecule has 0 unspecified atom stereocenters. The number of hydrogen-bond donors (Lipinski definition) is 8. The number of nitrogens with zero attached hydrogens (tertiary/aromatic N) is 8. The third-order valence-corrected chi connectivity index (χ3v) is 14.8. The number of thiocarbonyl (C=S) groups is 1. The van der Waals surface area contributed by atoms with Crippen molar-refractivity contribution in [1.82, 2.24) is 50.2 Å². The number of H-pyrrole nitrogens is 4. The maximum absolute atomic E-state index is 14.5. The van der Waals surface area contributed by atoms with E-state index < -0.39 is 43.8 Å². The van der Waals surface area contributed by atoms with Gasteiger partial charge in [-0.25, -0.2) is 42.5 Å². The molecule has 9 aromatic heterocycles. The van der Waals surface area contributed by atoms with Crippen LogP contribution in [0.2, 0.25) is 10.3 Å². The first-order chi connectivity index (χ1) is 51.2. The van der Waals surface area contributed by atoms with Gasteiger partial charge in [-0.05, 0) is 122 Å². The van der Waals surface area contributed by atoms with Crippen molar-refractivity contribution < 1.29 is 78.2 Å². The number of anilines is 2. The number of pyridine rings is 5. The molecule has 0 radical (unpaired) electrons. The van der Waals surface area contributed by atoms with Crippen LogP contribution in [0.15, 0.2) is 226 Å². The number of non-ortho nitro benzene ring substituents is 2. The summed E-state index contributed by atoms with van der Waals surface area (Å²) in [6, 6.07) is 41.4. The predicted molar refractivity (Wildman–Crippen MR) is 401 cm³/mol. The SMILES string of the molecule is C1CCOC1.Clc1nccc2cc[nH]c12.Nc1ccc(Oc2nccc3cc[nH]c23)c(F)c1.O=C(Cc1ccccc1)NC(=S)Nc1ccc(Oc2nccc3cc[nH]c23)c(F)c1.O=[N+]([O-])c1ccc(O)c(F)c1.O=[N+]([O-])c1ccc(Oc2nccc3cc[nH]c23)c(F)c1.O=[N+]([O-])c1cccnc1Cl.[Br-].[CH-]=C.[Mg+2]. The number of nitrogens with two attached hydrogens (primary N) is 1. The molecule has 14 aromatic rings. The van der Waals surface area contributed by atoms with Crippen molar-refractivity contribution in [3.63, 3.8) is 0 Å². The molecule has 0 spiro atoms. The molecule has 0 bridgehead atoms. The molecule has 27 nitrogen and oxygen atoms in total. The summed E-state index contributed by atoms with van der Waals surface area (Å²) in [5.41, 5.74) is 9.17. The van der Waals surface area contributed by atoms with Gasteiger partial charge in [0.1, 0.15) is 16.6 Å². The van der Waals surface area contributed by atoms with Gasteiger partial charge in [0.25, 0.3) is 11.4 Å². The van der Waals surface area contributed by atoms with Crippen LogP contribution < -0.4 is 47.6 Å². The molecule has 1 aliphatic rings. The maximum Gasteiger partial charge on any atom is 2.00 e. The number of nitro benzene ring substituents is 2. The molecule has 36 heteroatoms. The molecule has 1 saturated heterocycles. The summed E-state index contributed by atoms with van der Waals surface area (Å²) in [5, 5.41) is 49.1. The van der Waals surface area contributed by atoms with E-state index in [4.69, 9.17) is 65.2 Å². The molecular formula is C72H58BrCl2F4MgN15O12S. The Bertz CT molecular complexity index is 5340. The van der Waals surface area contributed by atoms with Crippen molar-refractivity contribution in [1.29, 1.82) is 0 Å². The first-order valence-corrected chi connectivity index (χ1v) is 32.0. The van der Waals surface area contributed by atoms with Gasteiger partial charge in [-0.1, -0.05) is 53.5 Å². The van der Waals surface area contributed by atoms with Crippen molar-refractivity contribution in [2.24, 2.45) is 0 Å². The molecule has 1 aliphatic heterocycles. The van der Waals surface area contributed by atoms with Crippen LogP contribution in [0.1, 0.15) is 18.4 Å². The molecule has 0 aliphatic carbocycles. The Morgan fingerprint density at radius 3 is 1.42 bits per heavy atom. The van der Waals surface area contributed by atoms with E-state index in [0.717, 1.165) is 69.6 Å². The van der Waals surface area contributed by atoms with Crippen molar-refractivity contribution >= 4 is 142 Å². The number of amides is 1. The van der Waals surface area contributed by atoms with E-state index in [1.807, 2.05) is 79.0 Å². The number of hydrogen-bond acceptors (Lipinski definition) is 19. The average Bonchev–Trinajstić information content (AvgIpc) is 1.57. The number of phenols is 1. The minimum atomic E-state index is -0.987. The molecule has 9 N–H and O–H groups in total. The zero-order chi connectivity index (χ0) is 76.1. The number of nitrogens with one attached hydrogen (secondary N) is 6. The fourth-order valence-electron chi connectivity index (χ4n) is 9.05. The van der Waals surface area contributed by atoms with Crippen LogP contribution in [0.25, 0.3) is 43.6 Å². The number of aromatic nitrogens is 9. The number of nitrogen functional groups attached to an aromatic ring is 1. The van der Waals surface area contributed by atoms with Gasteiger partial charge in [0, 0.05) is 132 Å². The number of ether oxygens (including phenoxy) is 4. The Kier molecular flexibility index (Phi) is 33.5. The smallest absolute Gasteiger partial charge is 1.00 e. The second-order valence-electron chi connectivity index (χ2n) is 21.2. The van der Waals surface area contributed by atoms with Gasteiger partial charge in [0.05, 0.1) is 38.8 Å². The average molecular weight is 1610 g/mol. The van der Waals surface area contributed by atoms with E-state index in [1.165, 1.54) is 73.8 Å². The standard InChI is InChI=1S/C22H17FN4O2S.C13H8FN3O3.C13H10FN3O.C7H5ClN2.C6H4FNO3.C5H3ClN2O2.C4H8O.C2H3.BrH.Mg/c23-17-13-16(26-22(30)27-19(28)12-14-4-2-1-3-5-14)6-7-18(17)29-21-20-15(8-10-24-20)9-11-25-21;14-10-7-9(17(18)19)1-2-11(10)20-13-12-8(3-5-15-12)4-6-16-13;14-10-7-9(15)1-2-11(10)18-13-12-8(3-5-16-12)4-6-17-13;8-7-6-5(1-3-9-6)2-4-10-7;7-5-3-4(8(10)11)1-2-6(5)9;6-5-4(8(9)10)2-1-3-7-5;1-2-4-5-3-1;1-2;;/h1-11,13,24H,12H2,(H2,26,27,28,30);1-7,15H;1-7,16H,15H2;1-4,9H;1-3,9H;1-3H;1-4H2;1H,2H2;1H;/q;;;;;;;-1;;+2/p-1. The van der Waals surface area contributed by atoms with Crippen LogP contribution in [0, 0.1) is 60.2 Å². The van der Waals surface area contributed by atoms with Gasteiger partial charge < -0.3 is 83.9 Å². The summed E-state index contributed by atoms with van der Waals surface area (Å²) in [5.74, 6) is -2.94. The fourth-order valence-corrected chi connectivity index (χ4v) is 9.69. The number of aromatic amines is 4. The topological polar surface area (TPSA) is 381 Å². The summed E-state index contributed by atoms with van der Waals surface area (Å²) in [6.07, 6.45) is 17.7. The fraction of sp³-hybridized carbons (Fsp3) is 0.0694.